The Morgan fingerprint density at radius 2 is 1.83 bits per heavy atom. The quantitative estimate of drug-likeness (QED) is 0.394. The van der Waals surface area contributed by atoms with Gasteiger partial charge in [0.2, 0.25) is 0 Å². The summed E-state index contributed by atoms with van der Waals surface area (Å²) in [5.74, 6) is 1.44. The van der Waals surface area contributed by atoms with Crippen molar-refractivity contribution in [2.45, 2.75) is 19.8 Å². The molecule has 0 unspecified atom stereocenters. The van der Waals surface area contributed by atoms with E-state index in [1.165, 1.54) is 0 Å². The minimum Gasteiger partial charge on any atom is -0.490 e. The zero-order valence-corrected chi connectivity index (χ0v) is 13.5. The molecule has 2 aromatic rings. The summed E-state index contributed by atoms with van der Waals surface area (Å²) in [5.41, 5.74) is 2.69. The Kier molecular flexibility index (Phi) is 6.42. The van der Waals surface area contributed by atoms with Crippen LogP contribution in [0.25, 0.3) is 0 Å². The fraction of sp³-hybridized carbons (Fsp3) is 0.250. The third-order valence-corrected chi connectivity index (χ3v) is 3.50. The van der Waals surface area contributed by atoms with Crippen LogP contribution in [-0.2, 0) is 12.8 Å². The number of aryl methyl sites for hydroxylation is 1. The fourth-order valence-electron chi connectivity index (χ4n) is 2.38. The molecule has 0 aliphatic rings. The van der Waals surface area contributed by atoms with Crippen molar-refractivity contribution in [3.63, 3.8) is 0 Å². The highest BCUT2D eigenvalue weighted by Crippen LogP contribution is 2.26. The zero-order valence-electron chi connectivity index (χ0n) is 13.5. The van der Waals surface area contributed by atoms with Gasteiger partial charge in [0.1, 0.15) is 24.7 Å². The molecule has 0 aliphatic carbocycles. The predicted molar refractivity (Wildman–Crippen MR) is 92.5 cm³/mol. The van der Waals surface area contributed by atoms with Gasteiger partial charge in [-0.1, -0.05) is 37.3 Å². The molecule has 0 N–H and O–H groups in total. The van der Waals surface area contributed by atoms with Crippen molar-refractivity contribution in [2.75, 3.05) is 13.2 Å². The van der Waals surface area contributed by atoms with Gasteiger partial charge in [0.15, 0.2) is 6.29 Å². The number of hydrogen-bond donors (Lipinski definition) is 0. The number of aldehydes is 1. The third kappa shape index (κ3) is 4.71. The average molecular weight is 310 g/mol. The number of ether oxygens (including phenoxy) is 2. The van der Waals surface area contributed by atoms with Crippen molar-refractivity contribution in [2.24, 2.45) is 0 Å². The minimum absolute atomic E-state index is 0.380. The van der Waals surface area contributed by atoms with E-state index >= 15 is 0 Å². The lowest BCUT2D eigenvalue weighted by Crippen LogP contribution is -2.11. The van der Waals surface area contributed by atoms with E-state index in [0.29, 0.717) is 30.9 Å². The van der Waals surface area contributed by atoms with Crippen molar-refractivity contribution in [1.29, 1.82) is 0 Å². The minimum atomic E-state index is 0.380. The molecule has 0 fully saturated rings. The molecule has 120 valence electrons. The Morgan fingerprint density at radius 3 is 2.48 bits per heavy atom. The average Bonchev–Trinajstić information content (AvgIpc) is 2.60. The van der Waals surface area contributed by atoms with Gasteiger partial charge in [0.25, 0.3) is 0 Å². The van der Waals surface area contributed by atoms with Gasteiger partial charge in [-0.05, 0) is 42.2 Å². The number of carbonyl (C=O) groups excluding carboxylic acids is 1. The van der Waals surface area contributed by atoms with Crippen LogP contribution in [0.4, 0.5) is 0 Å². The molecule has 0 amide bonds. The maximum Gasteiger partial charge on any atom is 0.153 e. The zero-order chi connectivity index (χ0) is 16.5. The van der Waals surface area contributed by atoms with E-state index in [9.17, 15) is 4.79 Å². The van der Waals surface area contributed by atoms with Gasteiger partial charge in [-0.2, -0.15) is 0 Å². The van der Waals surface area contributed by atoms with Crippen LogP contribution in [0.15, 0.2) is 55.1 Å². The van der Waals surface area contributed by atoms with Gasteiger partial charge < -0.3 is 9.47 Å². The van der Waals surface area contributed by atoms with Gasteiger partial charge in [0.05, 0.1) is 5.56 Å². The first-order chi connectivity index (χ1) is 11.3. The van der Waals surface area contributed by atoms with Crippen LogP contribution in [0.1, 0.15) is 28.4 Å². The summed E-state index contributed by atoms with van der Waals surface area (Å²) in [5, 5.41) is 0. The van der Waals surface area contributed by atoms with E-state index in [1.54, 1.807) is 0 Å². The molecule has 0 heterocycles. The predicted octanol–water partition coefficient (Wildman–Crippen LogP) is 4.25. The smallest absolute Gasteiger partial charge is 0.153 e. The summed E-state index contributed by atoms with van der Waals surface area (Å²) in [6.45, 7) is 6.64. The summed E-state index contributed by atoms with van der Waals surface area (Å²) in [6.07, 6.45) is 4.21. The van der Waals surface area contributed by atoms with E-state index in [0.717, 1.165) is 29.6 Å². The monoisotopic (exact) mass is 310 g/mol. The van der Waals surface area contributed by atoms with Crippen molar-refractivity contribution in [3.05, 3.63) is 71.8 Å². The number of hydrogen-bond acceptors (Lipinski definition) is 3. The highest BCUT2D eigenvalue weighted by atomic mass is 16.5. The Balaban J connectivity index is 2.05. The molecule has 2 rings (SSSR count). The largest absolute Gasteiger partial charge is 0.490 e. The number of carbonyl (C=O) groups is 1. The normalized spacial score (nSPS) is 10.1. The topological polar surface area (TPSA) is 35.5 Å². The Labute approximate surface area is 137 Å². The SMILES string of the molecule is C=CCc1cc(CC)cc(C=O)c1OCCOc1ccccc1. The first-order valence-electron chi connectivity index (χ1n) is 7.81. The van der Waals surface area contributed by atoms with Crippen LogP contribution >= 0.6 is 0 Å². The first-order valence-corrected chi connectivity index (χ1v) is 7.81. The molecule has 2 aromatic carbocycles. The summed E-state index contributed by atoms with van der Waals surface area (Å²) >= 11 is 0. The van der Waals surface area contributed by atoms with E-state index in [4.69, 9.17) is 9.47 Å². The molecule has 0 atom stereocenters. The number of allylic oxidation sites excluding steroid dienone is 1. The third-order valence-electron chi connectivity index (χ3n) is 3.50. The Hall–Kier alpha value is -2.55. The van der Waals surface area contributed by atoms with Gasteiger partial charge >= 0.3 is 0 Å². The molecule has 0 radical (unpaired) electrons. The standard InChI is InChI=1S/C20H22O3/c1-3-8-17-13-16(4-2)14-18(15-21)20(17)23-12-11-22-19-9-6-5-7-10-19/h3,5-7,9-10,13-15H,1,4,8,11-12H2,2H3. The van der Waals surface area contributed by atoms with Gasteiger partial charge in [-0.15, -0.1) is 6.58 Å². The number of benzene rings is 2. The molecular formula is C20H22O3. The van der Waals surface area contributed by atoms with Crippen LogP contribution in [0.5, 0.6) is 11.5 Å². The van der Waals surface area contributed by atoms with Gasteiger partial charge in [-0.3, -0.25) is 4.79 Å². The maximum absolute atomic E-state index is 11.4. The Bertz CT molecular complexity index is 647. The van der Waals surface area contributed by atoms with Gasteiger partial charge in [-0.25, -0.2) is 0 Å². The second-order valence-electron chi connectivity index (χ2n) is 5.15. The van der Waals surface area contributed by atoms with E-state index < -0.39 is 0 Å². The molecule has 0 aliphatic heterocycles. The molecule has 0 spiro atoms. The lowest BCUT2D eigenvalue weighted by atomic mass is 10.0. The Morgan fingerprint density at radius 1 is 1.09 bits per heavy atom. The fourth-order valence-corrected chi connectivity index (χ4v) is 2.38. The molecule has 3 heteroatoms. The van der Waals surface area contributed by atoms with E-state index in [-0.39, 0.29) is 0 Å². The van der Waals surface area contributed by atoms with Crippen LogP contribution in [0.3, 0.4) is 0 Å². The van der Waals surface area contributed by atoms with Crippen LogP contribution < -0.4 is 9.47 Å². The van der Waals surface area contributed by atoms with Crippen molar-refractivity contribution in [1.82, 2.24) is 0 Å². The second-order valence-corrected chi connectivity index (χ2v) is 5.15. The van der Waals surface area contributed by atoms with Gasteiger partial charge in [0, 0.05) is 0 Å². The van der Waals surface area contributed by atoms with E-state index in [2.05, 4.69) is 19.6 Å². The van der Waals surface area contributed by atoms with Crippen LogP contribution in [-0.4, -0.2) is 19.5 Å². The van der Waals surface area contributed by atoms with Crippen molar-refractivity contribution in [3.8, 4) is 11.5 Å². The first kappa shape index (κ1) is 16.8. The molecular weight excluding hydrogens is 288 g/mol. The van der Waals surface area contributed by atoms with Crippen molar-refractivity contribution >= 4 is 6.29 Å². The van der Waals surface area contributed by atoms with Crippen LogP contribution in [0, 0.1) is 0 Å². The highest BCUT2D eigenvalue weighted by Gasteiger charge is 2.11. The lowest BCUT2D eigenvalue weighted by molar-refractivity contribution is 0.111. The summed E-state index contributed by atoms with van der Waals surface area (Å²) < 4.78 is 11.4. The number of para-hydroxylation sites is 1. The summed E-state index contributed by atoms with van der Waals surface area (Å²) in [4.78, 5) is 11.4. The molecule has 0 saturated carbocycles. The van der Waals surface area contributed by atoms with E-state index in [1.807, 2.05) is 42.5 Å². The lowest BCUT2D eigenvalue weighted by Gasteiger charge is -2.15. The van der Waals surface area contributed by atoms with Crippen LogP contribution in [0.2, 0.25) is 0 Å². The van der Waals surface area contributed by atoms with Crippen molar-refractivity contribution < 1.29 is 14.3 Å². The summed E-state index contributed by atoms with van der Waals surface area (Å²) in [6, 6.07) is 13.5. The molecule has 0 aromatic heterocycles. The number of rotatable bonds is 9. The second kappa shape index (κ2) is 8.79. The maximum atomic E-state index is 11.4. The highest BCUT2D eigenvalue weighted by molar-refractivity contribution is 5.80. The summed E-state index contributed by atoms with van der Waals surface area (Å²) in [7, 11) is 0. The molecule has 0 saturated heterocycles. The molecule has 3 nitrogen and oxygen atoms in total. The molecule has 23 heavy (non-hydrogen) atoms. The molecule has 0 bridgehead atoms.